The number of nitrogens with one attached hydrogen (secondary N) is 1. The van der Waals surface area contributed by atoms with Crippen LogP contribution in [-0.2, 0) is 32.2 Å². The minimum absolute atomic E-state index is 0.173. The molecule has 4 aliphatic heterocycles. The van der Waals surface area contributed by atoms with Gasteiger partial charge in [0.05, 0.1) is 0 Å². The maximum absolute atomic E-state index is 12.5. The van der Waals surface area contributed by atoms with E-state index in [4.69, 9.17) is 18.9 Å². The van der Waals surface area contributed by atoms with Crippen molar-refractivity contribution in [3.8, 4) is 0 Å². The van der Waals surface area contributed by atoms with E-state index in [-0.39, 0.29) is 36.5 Å². The van der Waals surface area contributed by atoms with Gasteiger partial charge in [-0.25, -0.2) is 19.2 Å². The second-order valence-corrected chi connectivity index (χ2v) is 20.5. The van der Waals surface area contributed by atoms with Crippen molar-refractivity contribution >= 4 is 24.4 Å². The molecule has 4 saturated heterocycles. The number of rotatable bonds is 7. The standard InChI is InChI=1S/C25H39N3O4.C15H21NO2.C11H22N2O2/c1-19-15-27(24(30)32-25(3,4)5)16-20(2)28(19)17-21-11-13-26(14-12-21)23(29)31-18-22-9-7-6-8-10-22;1-2-13-8-10-16(11-9-13)15(17)18-12-14-6-4-3-5-7-14;1-8-6-13(7-9(2)12-8)10(14)15-11(3,4)5/h6-10,19-21H,11-18H2,1-5H3;3-7,13H,2,8-12H2,1H3;8-9,12H,6-7H2,1-5H3/t19-,20+;;8-,9+. The lowest BCUT2D eigenvalue weighted by molar-refractivity contribution is -0.0139. The molecule has 4 aliphatic rings. The molecule has 4 atom stereocenters. The number of nitrogens with zero attached hydrogens (tertiary/aromatic N) is 5. The summed E-state index contributed by atoms with van der Waals surface area (Å²) >= 11 is 0. The molecule has 0 aliphatic carbocycles. The van der Waals surface area contributed by atoms with E-state index in [0.29, 0.717) is 44.3 Å². The molecule has 14 heteroatoms. The number of benzene rings is 2. The van der Waals surface area contributed by atoms with Crippen molar-refractivity contribution in [3.63, 3.8) is 0 Å². The van der Waals surface area contributed by atoms with E-state index in [1.165, 1.54) is 6.42 Å². The number of hydrogen-bond donors (Lipinski definition) is 1. The van der Waals surface area contributed by atoms with Crippen molar-refractivity contribution in [2.75, 3.05) is 58.9 Å². The molecule has 0 saturated carbocycles. The summed E-state index contributed by atoms with van der Waals surface area (Å²) in [7, 11) is 0. The Morgan fingerprint density at radius 2 is 0.908 bits per heavy atom. The maximum atomic E-state index is 12.5. The summed E-state index contributed by atoms with van der Waals surface area (Å²) in [5, 5.41) is 3.38. The molecule has 0 bridgehead atoms. The van der Waals surface area contributed by atoms with Crippen molar-refractivity contribution in [3.05, 3.63) is 71.8 Å². The number of amides is 4. The molecule has 0 radical (unpaired) electrons. The fourth-order valence-electron chi connectivity index (χ4n) is 8.74. The van der Waals surface area contributed by atoms with Crippen LogP contribution in [0.5, 0.6) is 0 Å². The summed E-state index contributed by atoms with van der Waals surface area (Å²) in [5.41, 5.74) is 1.16. The molecule has 0 spiro atoms. The summed E-state index contributed by atoms with van der Waals surface area (Å²) in [4.78, 5) is 58.3. The number of piperazine rings is 2. The Morgan fingerprint density at radius 1 is 0.538 bits per heavy atom. The van der Waals surface area contributed by atoms with Crippen molar-refractivity contribution < 1.29 is 38.1 Å². The van der Waals surface area contributed by atoms with Gasteiger partial charge in [-0.05, 0) is 118 Å². The van der Waals surface area contributed by atoms with Crippen molar-refractivity contribution in [1.29, 1.82) is 0 Å². The zero-order valence-corrected chi connectivity index (χ0v) is 41.6. The molecule has 65 heavy (non-hydrogen) atoms. The third-order valence-electron chi connectivity index (χ3n) is 12.2. The fraction of sp³-hybridized carbons (Fsp3) is 0.686. The van der Waals surface area contributed by atoms with Gasteiger partial charge >= 0.3 is 24.4 Å². The van der Waals surface area contributed by atoms with Gasteiger partial charge in [-0.3, -0.25) is 4.90 Å². The topological polar surface area (TPSA) is 133 Å². The normalized spacial score (nSPS) is 22.4. The van der Waals surface area contributed by atoms with Crippen LogP contribution in [0.15, 0.2) is 60.7 Å². The lowest BCUT2D eigenvalue weighted by Crippen LogP contribution is -2.59. The Morgan fingerprint density at radius 3 is 1.28 bits per heavy atom. The summed E-state index contributed by atoms with van der Waals surface area (Å²) in [6.45, 7) is 29.7. The third kappa shape index (κ3) is 19.1. The zero-order valence-electron chi connectivity index (χ0n) is 41.6. The monoisotopic (exact) mass is 907 g/mol. The van der Waals surface area contributed by atoms with Crippen LogP contribution < -0.4 is 5.32 Å². The molecule has 14 nitrogen and oxygen atoms in total. The summed E-state index contributed by atoms with van der Waals surface area (Å²) < 4.78 is 21.7. The van der Waals surface area contributed by atoms with E-state index in [9.17, 15) is 19.2 Å². The average molecular weight is 907 g/mol. The van der Waals surface area contributed by atoms with E-state index < -0.39 is 11.2 Å². The summed E-state index contributed by atoms with van der Waals surface area (Å²) in [5.74, 6) is 1.33. The first-order valence-electron chi connectivity index (χ1n) is 24.1. The first-order chi connectivity index (χ1) is 30.7. The second-order valence-electron chi connectivity index (χ2n) is 20.5. The minimum Gasteiger partial charge on any atom is -0.445 e. The second kappa shape index (κ2) is 25.4. The van der Waals surface area contributed by atoms with E-state index in [2.05, 4.69) is 44.8 Å². The number of hydrogen-bond acceptors (Lipinski definition) is 10. The van der Waals surface area contributed by atoms with Crippen LogP contribution in [0.1, 0.15) is 119 Å². The average Bonchev–Trinajstić information content (AvgIpc) is 3.26. The first kappa shape index (κ1) is 53.1. The number of piperidine rings is 2. The van der Waals surface area contributed by atoms with Gasteiger partial charge in [-0.2, -0.15) is 0 Å². The lowest BCUT2D eigenvalue weighted by atomic mass is 9.94. The highest BCUT2D eigenvalue weighted by molar-refractivity contribution is 5.69. The highest BCUT2D eigenvalue weighted by atomic mass is 16.6. The zero-order chi connectivity index (χ0) is 47.7. The number of likely N-dealkylation sites (tertiary alicyclic amines) is 2. The highest BCUT2D eigenvalue weighted by Crippen LogP contribution is 2.25. The number of carbonyl (C=O) groups is 4. The Balaban J connectivity index is 0.000000236. The molecule has 0 aromatic heterocycles. The van der Waals surface area contributed by atoms with Crippen LogP contribution in [0.4, 0.5) is 19.2 Å². The number of ether oxygens (including phenoxy) is 4. The number of carbonyl (C=O) groups excluding carboxylic acids is 4. The maximum Gasteiger partial charge on any atom is 0.410 e. The minimum atomic E-state index is -0.475. The Bertz CT molecular complexity index is 1720. The van der Waals surface area contributed by atoms with Gasteiger partial charge in [0.2, 0.25) is 0 Å². The quantitative estimate of drug-likeness (QED) is 0.268. The van der Waals surface area contributed by atoms with Crippen molar-refractivity contribution in [2.24, 2.45) is 11.8 Å². The molecule has 364 valence electrons. The van der Waals surface area contributed by atoms with Crippen LogP contribution in [0.3, 0.4) is 0 Å². The molecular weight excluding hydrogens is 825 g/mol. The van der Waals surface area contributed by atoms with Gasteiger partial charge in [0.1, 0.15) is 24.4 Å². The fourth-order valence-corrected chi connectivity index (χ4v) is 8.74. The summed E-state index contributed by atoms with van der Waals surface area (Å²) in [6, 6.07) is 20.8. The molecule has 1 N–H and O–H groups in total. The SMILES string of the molecule is CCC1CCN(C(=O)OCc2ccccc2)CC1.C[C@@H]1CN(C(=O)OC(C)(C)C)C[C@H](C)N1.C[C@@H]1CN(C(=O)OC(C)(C)C)C[C@H](C)N1CC1CCN(C(=O)OCc2ccccc2)CC1. The first-order valence-corrected chi connectivity index (χ1v) is 24.1. The molecular formula is C51H82N6O8. The molecule has 4 fully saturated rings. The van der Waals surface area contributed by atoms with Crippen LogP contribution in [-0.4, -0.2) is 143 Å². The molecule has 4 heterocycles. The predicted octanol–water partition coefficient (Wildman–Crippen LogP) is 9.41. The molecule has 2 aromatic rings. The smallest absolute Gasteiger partial charge is 0.410 e. The van der Waals surface area contributed by atoms with Gasteiger partial charge < -0.3 is 43.9 Å². The predicted molar refractivity (Wildman–Crippen MR) is 255 cm³/mol. The van der Waals surface area contributed by atoms with Gasteiger partial charge in [0.25, 0.3) is 0 Å². The van der Waals surface area contributed by atoms with Crippen LogP contribution in [0.2, 0.25) is 0 Å². The van der Waals surface area contributed by atoms with Crippen molar-refractivity contribution in [2.45, 2.75) is 157 Å². The summed E-state index contributed by atoms with van der Waals surface area (Å²) in [6.07, 6.45) is 4.56. The van der Waals surface area contributed by atoms with Crippen LogP contribution >= 0.6 is 0 Å². The Labute approximate surface area is 390 Å². The molecule has 2 aromatic carbocycles. The van der Waals surface area contributed by atoms with E-state index in [1.54, 1.807) is 4.90 Å². The van der Waals surface area contributed by atoms with Gasteiger partial charge in [-0.1, -0.05) is 74.0 Å². The molecule has 4 amide bonds. The Hall–Kier alpha value is -4.56. The van der Waals surface area contributed by atoms with Gasteiger partial charge in [0, 0.05) is 83.1 Å². The Kier molecular flexibility index (Phi) is 20.7. The van der Waals surface area contributed by atoms with Crippen molar-refractivity contribution in [1.82, 2.24) is 29.8 Å². The van der Waals surface area contributed by atoms with Gasteiger partial charge in [-0.15, -0.1) is 0 Å². The van der Waals surface area contributed by atoms with E-state index in [1.807, 2.05) is 117 Å². The molecule has 6 rings (SSSR count). The van der Waals surface area contributed by atoms with Crippen LogP contribution in [0, 0.1) is 11.8 Å². The highest BCUT2D eigenvalue weighted by Gasteiger charge is 2.36. The molecule has 0 unspecified atom stereocenters. The third-order valence-corrected chi connectivity index (χ3v) is 12.2. The van der Waals surface area contributed by atoms with E-state index in [0.717, 1.165) is 88.5 Å². The largest absolute Gasteiger partial charge is 0.445 e. The van der Waals surface area contributed by atoms with Crippen LogP contribution in [0.25, 0.3) is 0 Å². The lowest BCUT2D eigenvalue weighted by Gasteiger charge is -2.46. The van der Waals surface area contributed by atoms with Gasteiger partial charge in [0.15, 0.2) is 0 Å². The van der Waals surface area contributed by atoms with E-state index >= 15 is 0 Å².